The molecule has 0 aromatic carbocycles. The average molecular weight is 140 g/mol. The molecule has 0 saturated heterocycles. The molecule has 0 unspecified atom stereocenters. The van der Waals surface area contributed by atoms with Crippen LogP contribution in [0.4, 0.5) is 5.82 Å². The van der Waals surface area contributed by atoms with Gasteiger partial charge in [0, 0.05) is 0 Å². The lowest BCUT2D eigenvalue weighted by atomic mass is 10.6. The molecule has 0 aliphatic heterocycles. The summed E-state index contributed by atoms with van der Waals surface area (Å²) in [4.78, 5) is 14.4. The standard InChI is InChI=1S/C5H5N5/c6-4-3-5(9-1-7-3)10-2-8-4/h1-2H,(H3,6,7,8,9,10)/i1+1,6+1,7+1,8+1,10+1. The van der Waals surface area contributed by atoms with Crippen LogP contribution in [0.5, 0.6) is 0 Å². The van der Waals surface area contributed by atoms with Crippen molar-refractivity contribution >= 4 is 17.0 Å². The molecule has 5 nitrogen and oxygen atoms in total. The van der Waals surface area contributed by atoms with Gasteiger partial charge in [-0.2, -0.15) is 0 Å². The molecule has 0 aliphatic carbocycles. The molecule has 2 aromatic rings. The molecular weight excluding hydrogens is 135 g/mol. The van der Waals surface area contributed by atoms with Gasteiger partial charge in [-0.25, -0.2) is 15.0 Å². The number of aromatic amines is 1. The third-order valence-electron chi connectivity index (χ3n) is 1.25. The maximum atomic E-state index is 5.48. The quantitative estimate of drug-likeness (QED) is 0.502. The van der Waals surface area contributed by atoms with Gasteiger partial charge in [0.1, 0.15) is 11.8 Å². The first-order valence-electron chi connectivity index (χ1n) is 2.77. The van der Waals surface area contributed by atoms with Gasteiger partial charge in [0.05, 0.1) is 6.33 Å². The lowest BCUT2D eigenvalue weighted by molar-refractivity contribution is 1.21. The fourth-order valence-corrected chi connectivity index (χ4v) is 0.784. The number of imidazole rings is 1. The number of rotatable bonds is 0. The molecule has 2 heterocycles. The largest absolute Gasteiger partial charge is 0.382 e. The molecule has 3 N–H and O–H groups in total. The maximum absolute atomic E-state index is 5.48. The van der Waals surface area contributed by atoms with E-state index in [-0.39, 0.29) is 0 Å². The van der Waals surface area contributed by atoms with Crippen molar-refractivity contribution in [3.8, 4) is 0 Å². The second-order valence-corrected chi connectivity index (χ2v) is 1.86. The summed E-state index contributed by atoms with van der Waals surface area (Å²) < 4.78 is 0. The molecule has 2 rings (SSSR count). The molecule has 0 bridgehead atoms. The van der Waals surface area contributed by atoms with Crippen LogP contribution in [0.15, 0.2) is 12.7 Å². The van der Waals surface area contributed by atoms with Crippen molar-refractivity contribution in [2.24, 2.45) is 0 Å². The molecule has 0 saturated carbocycles. The highest BCUT2D eigenvalue weighted by atomic mass is 15.7. The predicted molar refractivity (Wildman–Crippen MR) is 36.1 cm³/mol. The molecule has 50 valence electrons. The number of hydrogen-bond acceptors (Lipinski definition) is 4. The third kappa shape index (κ3) is 0.540. The molecule has 0 amide bonds. The minimum atomic E-state index is 0.433. The van der Waals surface area contributed by atoms with Crippen LogP contribution in [-0.4, -0.2) is 19.9 Å². The Kier molecular flexibility index (Phi) is 0.858. The number of aromatic nitrogens is 4. The van der Waals surface area contributed by atoms with Gasteiger partial charge in [0.2, 0.25) is 0 Å². The Morgan fingerprint density at radius 2 is 2.20 bits per heavy atom. The van der Waals surface area contributed by atoms with Crippen molar-refractivity contribution in [3.63, 3.8) is 0 Å². The van der Waals surface area contributed by atoms with Crippen molar-refractivity contribution in [3.05, 3.63) is 12.7 Å². The minimum Gasteiger partial charge on any atom is -0.382 e. The molecule has 10 heavy (non-hydrogen) atoms. The molecular formula is C5H5N5. The van der Waals surface area contributed by atoms with E-state index in [0.717, 1.165) is 0 Å². The number of fused-ring (bicyclic) bond motifs is 1. The first-order chi connectivity index (χ1) is 4.88. The highest BCUT2D eigenvalue weighted by molar-refractivity contribution is 5.80. The summed E-state index contributed by atoms with van der Waals surface area (Å²) in [5, 5.41) is 0. The molecule has 2 aromatic heterocycles. The van der Waals surface area contributed by atoms with Crippen molar-refractivity contribution in [1.82, 2.24) is 19.9 Å². The van der Waals surface area contributed by atoms with E-state index in [9.17, 15) is 0 Å². The van der Waals surface area contributed by atoms with Gasteiger partial charge < -0.3 is 10.7 Å². The first kappa shape index (κ1) is 5.16. The Balaban J connectivity index is 2.95. The normalized spacial score (nSPS) is 10.4. The predicted octanol–water partition coefficient (Wildman–Crippen LogP) is -0.0649. The van der Waals surface area contributed by atoms with Crippen molar-refractivity contribution in [2.45, 2.75) is 0 Å². The van der Waals surface area contributed by atoms with Crippen LogP contribution >= 0.6 is 0 Å². The van der Waals surface area contributed by atoms with Gasteiger partial charge in [-0.1, -0.05) is 0 Å². The van der Waals surface area contributed by atoms with Crippen LogP contribution in [0, 0.1) is 0 Å². The molecule has 0 atom stereocenters. The van der Waals surface area contributed by atoms with Gasteiger partial charge in [-0.3, -0.25) is 0 Å². The summed E-state index contributed by atoms with van der Waals surface area (Å²) in [5.41, 5.74) is 6.78. The summed E-state index contributed by atoms with van der Waals surface area (Å²) in [6, 6.07) is 0. The molecule has 0 aliphatic rings. The zero-order valence-corrected chi connectivity index (χ0v) is 5.07. The van der Waals surface area contributed by atoms with Crippen LogP contribution in [0.1, 0.15) is 0 Å². The van der Waals surface area contributed by atoms with Crippen LogP contribution in [0.25, 0.3) is 11.2 Å². The van der Waals surface area contributed by atoms with E-state index in [1.54, 1.807) is 0 Å². The Hall–Kier alpha value is -1.65. The summed E-state index contributed by atoms with van der Waals surface area (Å²) in [5.74, 6) is 0.433. The second kappa shape index (κ2) is 1.66. The van der Waals surface area contributed by atoms with Gasteiger partial charge in [0.25, 0.3) is 0 Å². The van der Waals surface area contributed by atoms with Crippen LogP contribution < -0.4 is 5.73 Å². The van der Waals surface area contributed by atoms with E-state index in [1.807, 2.05) is 0 Å². The fourth-order valence-electron chi connectivity index (χ4n) is 0.784. The number of nitrogens with one attached hydrogen (secondary N) is 1. The van der Waals surface area contributed by atoms with Gasteiger partial charge >= 0.3 is 0 Å². The van der Waals surface area contributed by atoms with Crippen LogP contribution in [-0.2, 0) is 0 Å². The monoisotopic (exact) mass is 140 g/mol. The SMILES string of the molecule is [15NH2]c1[15n]c[15n]c2n[13cH][15nH]c12. The summed E-state index contributed by atoms with van der Waals surface area (Å²) in [7, 11) is 0. The van der Waals surface area contributed by atoms with Crippen molar-refractivity contribution in [2.75, 3.05) is 5.73 Å². The van der Waals surface area contributed by atoms with Crippen molar-refractivity contribution < 1.29 is 0 Å². The minimum absolute atomic E-state index is 0.433. The summed E-state index contributed by atoms with van der Waals surface area (Å²) in [6.45, 7) is 0. The Morgan fingerprint density at radius 1 is 1.30 bits per heavy atom. The number of nitrogens with zero attached hydrogens (tertiary/aromatic N) is 3. The van der Waals surface area contributed by atoms with Crippen LogP contribution in [0.2, 0.25) is 0 Å². The molecule has 0 radical (unpaired) electrons. The van der Waals surface area contributed by atoms with E-state index in [1.165, 1.54) is 12.7 Å². The number of hydrogen-bond donors (Lipinski definition) is 2. The smallest absolute Gasteiger partial charge is 0.182 e. The highest BCUT2D eigenvalue weighted by Crippen LogP contribution is 2.09. The van der Waals surface area contributed by atoms with Gasteiger partial charge in [-0.15, -0.1) is 0 Å². The number of nitrogen functional groups attached to an aromatic ring is 1. The zero-order valence-electron chi connectivity index (χ0n) is 5.07. The van der Waals surface area contributed by atoms with Crippen molar-refractivity contribution in [1.29, 1.82) is 0 Å². The first-order valence-corrected chi connectivity index (χ1v) is 2.77. The number of anilines is 1. The lowest BCUT2D eigenvalue weighted by Gasteiger charge is -1.89. The van der Waals surface area contributed by atoms with Crippen LogP contribution in [0.3, 0.4) is 0 Å². The van der Waals surface area contributed by atoms with E-state index in [4.69, 9.17) is 5.73 Å². The molecule has 5 heteroatoms. The highest BCUT2D eigenvalue weighted by Gasteiger charge is 1.99. The zero-order chi connectivity index (χ0) is 6.97. The third-order valence-corrected chi connectivity index (χ3v) is 1.25. The topological polar surface area (TPSA) is 80.5 Å². The maximum Gasteiger partial charge on any atom is 0.182 e. The molecule has 0 spiro atoms. The van der Waals surface area contributed by atoms with E-state index in [2.05, 4.69) is 19.9 Å². The Morgan fingerprint density at radius 3 is 3.00 bits per heavy atom. The average Bonchev–Trinajstić information content (AvgIpc) is 2.36. The van der Waals surface area contributed by atoms with E-state index < -0.39 is 0 Å². The summed E-state index contributed by atoms with van der Waals surface area (Å²) >= 11 is 0. The number of H-pyrrole nitrogens is 1. The summed E-state index contributed by atoms with van der Waals surface area (Å²) in [6.07, 6.45) is 2.92. The Bertz CT molecular complexity index is 352. The Labute approximate surface area is 56.3 Å². The number of nitrogens with two attached hydrogens (primary N) is 1. The van der Waals surface area contributed by atoms with E-state index >= 15 is 0 Å². The van der Waals surface area contributed by atoms with Gasteiger partial charge in [0.15, 0.2) is 11.5 Å². The lowest BCUT2D eigenvalue weighted by Crippen LogP contribution is -1.91. The fraction of sp³-hybridized carbons (Fsp3) is 0. The van der Waals surface area contributed by atoms with E-state index in [0.29, 0.717) is 17.0 Å². The molecule has 0 fully saturated rings. The second-order valence-electron chi connectivity index (χ2n) is 1.86. The van der Waals surface area contributed by atoms with Gasteiger partial charge in [-0.05, 0) is 0 Å².